The number of rotatable bonds is 6. The fourth-order valence-corrected chi connectivity index (χ4v) is 3.03. The molecule has 124 valence electrons. The van der Waals surface area contributed by atoms with Gasteiger partial charge in [0.15, 0.2) is 0 Å². The van der Waals surface area contributed by atoms with Crippen LogP contribution in [0.4, 0.5) is 0 Å². The van der Waals surface area contributed by atoms with Crippen LogP contribution in [-0.2, 0) is 20.0 Å². The predicted octanol–water partition coefficient (Wildman–Crippen LogP) is 3.14. The van der Waals surface area contributed by atoms with Crippen LogP contribution >= 0.6 is 11.8 Å². The Morgan fingerprint density at radius 1 is 1.04 bits per heavy atom. The molecule has 0 unspecified atom stereocenters. The van der Waals surface area contributed by atoms with Crippen molar-refractivity contribution >= 4 is 23.7 Å². The lowest BCUT2D eigenvalue weighted by Crippen LogP contribution is -2.02. The molecule has 24 heavy (non-hydrogen) atoms. The normalized spacial score (nSPS) is 12.9. The van der Waals surface area contributed by atoms with E-state index in [9.17, 15) is 9.59 Å². The average molecular weight is 342 g/mol. The molecule has 0 atom stereocenters. The molecule has 1 aliphatic carbocycles. The highest BCUT2D eigenvalue weighted by atomic mass is 32.2. The van der Waals surface area contributed by atoms with E-state index in [4.69, 9.17) is 0 Å². The highest BCUT2D eigenvalue weighted by molar-refractivity contribution is 7.98. The van der Waals surface area contributed by atoms with E-state index in [0.717, 1.165) is 22.6 Å². The van der Waals surface area contributed by atoms with E-state index >= 15 is 0 Å². The van der Waals surface area contributed by atoms with Crippen molar-refractivity contribution in [2.75, 3.05) is 20.0 Å². The van der Waals surface area contributed by atoms with Crippen molar-refractivity contribution in [3.8, 4) is 11.8 Å². The number of hydrogen-bond donors (Lipinski definition) is 0. The lowest BCUT2D eigenvalue weighted by Gasteiger charge is -2.05. The summed E-state index contributed by atoms with van der Waals surface area (Å²) in [5, 5.41) is 0. The second kappa shape index (κ2) is 8.99. The Balaban J connectivity index is 1.87. The van der Waals surface area contributed by atoms with Crippen LogP contribution in [0, 0.1) is 11.8 Å². The van der Waals surface area contributed by atoms with Gasteiger partial charge in [-0.2, -0.15) is 11.8 Å². The maximum atomic E-state index is 11.5. The molecule has 0 aliphatic heterocycles. The smallest absolute Gasteiger partial charge is 0.346 e. The molecular formula is C19H18O4S. The number of esters is 2. The van der Waals surface area contributed by atoms with Gasteiger partial charge >= 0.3 is 11.9 Å². The number of thioether (sulfide) groups is 1. The Bertz CT molecular complexity index is 733. The molecule has 0 heterocycles. The van der Waals surface area contributed by atoms with E-state index in [1.54, 1.807) is 30.0 Å². The summed E-state index contributed by atoms with van der Waals surface area (Å²) in [5.41, 5.74) is 3.24. The first-order valence-electron chi connectivity index (χ1n) is 7.36. The SMILES string of the molecule is COC(=O)C1=CC=C(CSCc2ccc(C(=O)OC)cc2)CC#C1. The van der Waals surface area contributed by atoms with Crippen LogP contribution in [0.25, 0.3) is 0 Å². The standard InChI is InChI=1S/C19H18O4S/c1-22-18(20)16-5-3-4-14(6-9-16)12-24-13-15-7-10-17(11-8-15)19(21)23-2/h6-11H,4,12-13H2,1-2H3. The summed E-state index contributed by atoms with van der Waals surface area (Å²) in [4.78, 5) is 22.9. The Morgan fingerprint density at radius 3 is 2.42 bits per heavy atom. The van der Waals surface area contributed by atoms with Gasteiger partial charge in [-0.25, -0.2) is 9.59 Å². The first-order valence-corrected chi connectivity index (χ1v) is 8.51. The molecule has 0 saturated carbocycles. The predicted molar refractivity (Wildman–Crippen MR) is 94.5 cm³/mol. The molecule has 0 saturated heterocycles. The average Bonchev–Trinajstić information content (AvgIpc) is 2.86. The zero-order valence-corrected chi connectivity index (χ0v) is 14.4. The molecule has 0 amide bonds. The van der Waals surface area contributed by atoms with Crippen LogP contribution in [0.5, 0.6) is 0 Å². The molecule has 0 fully saturated rings. The van der Waals surface area contributed by atoms with Crippen LogP contribution in [0.1, 0.15) is 22.3 Å². The highest BCUT2D eigenvalue weighted by Gasteiger charge is 2.08. The molecule has 1 aromatic rings. The van der Waals surface area contributed by atoms with Crippen molar-refractivity contribution in [1.82, 2.24) is 0 Å². The van der Waals surface area contributed by atoms with Gasteiger partial charge in [0.1, 0.15) is 5.57 Å². The van der Waals surface area contributed by atoms with Crippen molar-refractivity contribution < 1.29 is 19.1 Å². The number of methoxy groups -OCH3 is 2. The number of hydrogen-bond acceptors (Lipinski definition) is 5. The van der Waals surface area contributed by atoms with Gasteiger partial charge < -0.3 is 9.47 Å². The minimum Gasteiger partial charge on any atom is -0.465 e. The van der Waals surface area contributed by atoms with Crippen molar-refractivity contribution in [2.24, 2.45) is 0 Å². The van der Waals surface area contributed by atoms with Crippen LogP contribution in [0.3, 0.4) is 0 Å². The second-order valence-electron chi connectivity index (χ2n) is 5.06. The van der Waals surface area contributed by atoms with Crippen molar-refractivity contribution in [2.45, 2.75) is 12.2 Å². The van der Waals surface area contributed by atoms with Gasteiger partial charge in [-0.3, -0.25) is 0 Å². The maximum Gasteiger partial charge on any atom is 0.346 e. The molecule has 0 spiro atoms. The van der Waals surface area contributed by atoms with Crippen LogP contribution < -0.4 is 0 Å². The molecule has 4 nitrogen and oxygen atoms in total. The van der Waals surface area contributed by atoms with Gasteiger partial charge in [-0.05, 0) is 29.3 Å². The van der Waals surface area contributed by atoms with Gasteiger partial charge in [0.2, 0.25) is 0 Å². The van der Waals surface area contributed by atoms with Gasteiger partial charge in [-0.15, -0.1) is 0 Å². The second-order valence-corrected chi connectivity index (χ2v) is 6.04. The zero-order chi connectivity index (χ0) is 17.4. The number of carbonyl (C=O) groups excluding carboxylic acids is 2. The lowest BCUT2D eigenvalue weighted by atomic mass is 10.1. The summed E-state index contributed by atoms with van der Waals surface area (Å²) in [5.74, 6) is 6.74. The molecule has 1 aromatic carbocycles. The van der Waals surface area contributed by atoms with E-state index in [1.807, 2.05) is 18.2 Å². The molecule has 1 aliphatic rings. The zero-order valence-electron chi connectivity index (χ0n) is 13.6. The number of ether oxygens (including phenoxy) is 2. The molecule has 0 N–H and O–H groups in total. The topological polar surface area (TPSA) is 52.6 Å². The largest absolute Gasteiger partial charge is 0.465 e. The minimum absolute atomic E-state index is 0.329. The van der Waals surface area contributed by atoms with Crippen molar-refractivity contribution in [3.05, 3.63) is 58.7 Å². The molecule has 0 radical (unpaired) electrons. The third-order valence-electron chi connectivity index (χ3n) is 3.36. The first kappa shape index (κ1) is 17.9. The quantitative estimate of drug-likeness (QED) is 0.587. The Hall–Kier alpha value is -2.45. The monoisotopic (exact) mass is 342 g/mol. The Morgan fingerprint density at radius 2 is 1.75 bits per heavy atom. The fourth-order valence-electron chi connectivity index (χ4n) is 2.04. The molecule has 5 heteroatoms. The maximum absolute atomic E-state index is 11.5. The minimum atomic E-state index is -0.404. The summed E-state index contributed by atoms with van der Waals surface area (Å²) in [6.07, 6.45) is 4.28. The van der Waals surface area contributed by atoms with Crippen LogP contribution in [0.2, 0.25) is 0 Å². The van der Waals surface area contributed by atoms with Crippen molar-refractivity contribution in [1.29, 1.82) is 0 Å². The summed E-state index contributed by atoms with van der Waals surface area (Å²) < 4.78 is 9.36. The number of carbonyl (C=O) groups is 2. The van der Waals surface area contributed by atoms with Gasteiger partial charge in [0.05, 0.1) is 19.8 Å². The summed E-state index contributed by atoms with van der Waals surface area (Å²) in [6.45, 7) is 0. The molecular weight excluding hydrogens is 324 g/mol. The number of benzene rings is 1. The van der Waals surface area contributed by atoms with Crippen LogP contribution in [0.15, 0.2) is 47.6 Å². The summed E-state index contributed by atoms with van der Waals surface area (Å²) >= 11 is 1.76. The number of allylic oxidation sites excluding steroid dienone is 2. The Labute approximate surface area is 145 Å². The first-order chi connectivity index (χ1) is 11.6. The highest BCUT2D eigenvalue weighted by Crippen LogP contribution is 2.19. The third kappa shape index (κ3) is 5.04. The lowest BCUT2D eigenvalue weighted by molar-refractivity contribution is -0.135. The Kier molecular flexibility index (Phi) is 6.71. The van der Waals surface area contributed by atoms with E-state index in [2.05, 4.69) is 21.3 Å². The summed E-state index contributed by atoms with van der Waals surface area (Å²) in [6, 6.07) is 7.39. The third-order valence-corrected chi connectivity index (χ3v) is 4.47. The van der Waals surface area contributed by atoms with Crippen LogP contribution in [-0.4, -0.2) is 31.9 Å². The summed E-state index contributed by atoms with van der Waals surface area (Å²) in [7, 11) is 2.72. The molecule has 0 bridgehead atoms. The van der Waals surface area contributed by atoms with E-state index in [0.29, 0.717) is 17.6 Å². The van der Waals surface area contributed by atoms with E-state index in [-0.39, 0.29) is 5.97 Å². The molecule has 2 rings (SSSR count). The van der Waals surface area contributed by atoms with Crippen molar-refractivity contribution in [3.63, 3.8) is 0 Å². The van der Waals surface area contributed by atoms with Gasteiger partial charge in [0, 0.05) is 17.9 Å². The van der Waals surface area contributed by atoms with E-state index < -0.39 is 5.97 Å². The fraction of sp³-hybridized carbons (Fsp3) is 0.263. The van der Waals surface area contributed by atoms with Gasteiger partial charge in [-0.1, -0.05) is 30.0 Å². The molecule has 0 aromatic heterocycles. The van der Waals surface area contributed by atoms with Gasteiger partial charge in [0.25, 0.3) is 0 Å². The van der Waals surface area contributed by atoms with E-state index in [1.165, 1.54) is 14.2 Å².